The molecule has 0 saturated heterocycles. The van der Waals surface area contributed by atoms with E-state index in [1.54, 1.807) is 0 Å². The average molecular weight is 726 g/mol. The predicted molar refractivity (Wildman–Crippen MR) is 239 cm³/mol. The van der Waals surface area contributed by atoms with Crippen molar-refractivity contribution in [2.75, 3.05) is 5.32 Å². The first-order valence-corrected chi connectivity index (χ1v) is 19.7. The van der Waals surface area contributed by atoms with Crippen molar-refractivity contribution in [3.8, 4) is 28.1 Å². The molecule has 3 heterocycles. The Hall–Kier alpha value is -7.49. The van der Waals surface area contributed by atoms with Crippen molar-refractivity contribution in [1.82, 2.24) is 9.55 Å². The van der Waals surface area contributed by atoms with Crippen LogP contribution in [-0.2, 0) is 0 Å². The van der Waals surface area contributed by atoms with E-state index in [2.05, 4.69) is 210 Å². The third-order valence-corrected chi connectivity index (χ3v) is 11.9. The van der Waals surface area contributed by atoms with Gasteiger partial charge in [-0.05, 0) is 116 Å². The number of aromatic nitrogens is 2. The largest absolute Gasteiger partial charge is 0.372 e. The van der Waals surface area contributed by atoms with Crippen LogP contribution in [0.4, 0.5) is 5.69 Å². The van der Waals surface area contributed by atoms with E-state index in [1.165, 1.54) is 76.8 Å². The molecule has 2 aromatic heterocycles. The molecule has 266 valence electrons. The minimum Gasteiger partial charge on any atom is -0.372 e. The SMILES string of the molecule is C1=Cc2ccc(-c3ccc4cc5cc(-c6cccc(-n7c8ccccc8c8ccccc87)c6)ccc5cc4c3)nc2C2Nc3ccccc3C(c3ccccc3)=C12. The number of anilines is 1. The highest BCUT2D eigenvalue weighted by atomic mass is 15.0. The van der Waals surface area contributed by atoms with Crippen LogP contribution in [-0.4, -0.2) is 9.55 Å². The Balaban J connectivity index is 0.902. The van der Waals surface area contributed by atoms with Crippen molar-refractivity contribution >= 4 is 60.7 Å². The summed E-state index contributed by atoms with van der Waals surface area (Å²) in [5, 5.41) is 11.3. The van der Waals surface area contributed by atoms with Crippen LogP contribution in [0.3, 0.4) is 0 Å². The minimum atomic E-state index is -0.0451. The molecule has 1 aliphatic heterocycles. The molecule has 10 aromatic rings. The number of nitrogens with zero attached hydrogens (tertiary/aromatic N) is 2. The molecule has 0 fully saturated rings. The summed E-state index contributed by atoms with van der Waals surface area (Å²) in [6.45, 7) is 0. The van der Waals surface area contributed by atoms with Gasteiger partial charge in [0.15, 0.2) is 0 Å². The van der Waals surface area contributed by atoms with Crippen molar-refractivity contribution in [1.29, 1.82) is 0 Å². The van der Waals surface area contributed by atoms with Crippen molar-refractivity contribution in [2.45, 2.75) is 6.04 Å². The summed E-state index contributed by atoms with van der Waals surface area (Å²) in [5.74, 6) is 0. The van der Waals surface area contributed by atoms with E-state index in [1.807, 2.05) is 0 Å². The standard InChI is InChI=1S/C54H35N3/c1-2-11-34(12-3-1)52-46-17-4-7-18-49(46)56-54-47(52)27-25-35-26-28-48(55-53(35)54)40-24-23-39-30-41-29-37(21-22-38(41)31-42(39)32-40)36-13-10-14-43(33-36)57-50-19-8-5-15-44(50)45-16-6-9-20-51(45)57/h1-33,54,56H. The highest BCUT2D eigenvalue weighted by molar-refractivity contribution is 6.09. The summed E-state index contributed by atoms with van der Waals surface area (Å²) in [6, 6.07) is 68.2. The average Bonchev–Trinajstić information content (AvgIpc) is 3.61. The number of hydrogen-bond donors (Lipinski definition) is 1. The molecule has 1 unspecified atom stereocenters. The van der Waals surface area contributed by atoms with Crippen molar-refractivity contribution in [3.05, 3.63) is 222 Å². The second-order valence-electron chi connectivity index (χ2n) is 15.2. The van der Waals surface area contributed by atoms with Crippen LogP contribution < -0.4 is 5.32 Å². The lowest BCUT2D eigenvalue weighted by atomic mass is 9.81. The monoisotopic (exact) mass is 725 g/mol. The first-order valence-electron chi connectivity index (χ1n) is 19.7. The molecular formula is C54H35N3. The molecule has 2 aliphatic rings. The second kappa shape index (κ2) is 12.5. The maximum atomic E-state index is 5.39. The van der Waals surface area contributed by atoms with Gasteiger partial charge in [-0.2, -0.15) is 0 Å². The van der Waals surface area contributed by atoms with E-state index in [0.29, 0.717) is 0 Å². The zero-order chi connectivity index (χ0) is 37.5. The fraction of sp³-hybridized carbons (Fsp3) is 0.0185. The van der Waals surface area contributed by atoms with Gasteiger partial charge in [-0.15, -0.1) is 0 Å². The van der Waals surface area contributed by atoms with Gasteiger partial charge in [0.1, 0.15) is 0 Å². The zero-order valence-electron chi connectivity index (χ0n) is 31.0. The van der Waals surface area contributed by atoms with Gasteiger partial charge in [-0.3, -0.25) is 0 Å². The summed E-state index contributed by atoms with van der Waals surface area (Å²) in [4.78, 5) is 5.39. The molecule has 3 nitrogen and oxygen atoms in total. The number of para-hydroxylation sites is 3. The van der Waals surface area contributed by atoms with Gasteiger partial charge in [0.05, 0.1) is 28.5 Å². The first kappa shape index (κ1) is 31.8. The van der Waals surface area contributed by atoms with Gasteiger partial charge < -0.3 is 9.88 Å². The van der Waals surface area contributed by atoms with Crippen LogP contribution in [0.5, 0.6) is 0 Å². The highest BCUT2D eigenvalue weighted by Crippen LogP contribution is 2.47. The lowest BCUT2D eigenvalue weighted by Crippen LogP contribution is -2.23. The van der Waals surface area contributed by atoms with Crippen LogP contribution in [0.25, 0.3) is 83.1 Å². The van der Waals surface area contributed by atoms with E-state index >= 15 is 0 Å². The lowest BCUT2D eigenvalue weighted by molar-refractivity contribution is 0.869. The molecule has 0 saturated carbocycles. The summed E-state index contributed by atoms with van der Waals surface area (Å²) in [7, 11) is 0. The topological polar surface area (TPSA) is 29.9 Å². The van der Waals surface area contributed by atoms with E-state index in [4.69, 9.17) is 4.98 Å². The van der Waals surface area contributed by atoms with Crippen LogP contribution >= 0.6 is 0 Å². The third kappa shape index (κ3) is 5.10. The Morgan fingerprint density at radius 3 is 1.89 bits per heavy atom. The molecule has 0 spiro atoms. The number of nitrogens with one attached hydrogen (secondary N) is 1. The van der Waals surface area contributed by atoms with Gasteiger partial charge in [0.25, 0.3) is 0 Å². The van der Waals surface area contributed by atoms with Gasteiger partial charge in [-0.25, -0.2) is 4.98 Å². The number of hydrogen-bond acceptors (Lipinski definition) is 2. The Labute approximate surface area is 330 Å². The predicted octanol–water partition coefficient (Wildman–Crippen LogP) is 13.8. The minimum absolute atomic E-state index is 0.0451. The van der Waals surface area contributed by atoms with E-state index in [9.17, 15) is 0 Å². The molecule has 12 rings (SSSR count). The first-order chi connectivity index (χ1) is 28.2. The van der Waals surface area contributed by atoms with E-state index in [0.717, 1.165) is 33.9 Å². The molecule has 0 bridgehead atoms. The van der Waals surface area contributed by atoms with Gasteiger partial charge in [0, 0.05) is 33.3 Å². The van der Waals surface area contributed by atoms with Crippen molar-refractivity contribution in [2.24, 2.45) is 0 Å². The molecule has 0 radical (unpaired) electrons. The Morgan fingerprint density at radius 1 is 0.456 bits per heavy atom. The van der Waals surface area contributed by atoms with Gasteiger partial charge in [0.2, 0.25) is 0 Å². The molecule has 1 atom stereocenters. The second-order valence-corrected chi connectivity index (χ2v) is 15.2. The highest BCUT2D eigenvalue weighted by Gasteiger charge is 2.31. The third-order valence-electron chi connectivity index (χ3n) is 11.9. The number of fused-ring (bicyclic) bond motifs is 9. The van der Waals surface area contributed by atoms with E-state index in [-0.39, 0.29) is 6.04 Å². The maximum Gasteiger partial charge on any atom is 0.0952 e. The normalized spacial score (nSPS) is 14.5. The zero-order valence-corrected chi connectivity index (χ0v) is 31.0. The van der Waals surface area contributed by atoms with Crippen LogP contribution in [0.1, 0.15) is 28.4 Å². The number of rotatable bonds is 4. The smallest absolute Gasteiger partial charge is 0.0952 e. The Bertz CT molecular complexity index is 3280. The summed E-state index contributed by atoms with van der Waals surface area (Å²) in [6.07, 6.45) is 4.49. The summed E-state index contributed by atoms with van der Waals surface area (Å²) >= 11 is 0. The maximum absolute atomic E-state index is 5.39. The van der Waals surface area contributed by atoms with Crippen LogP contribution in [0, 0.1) is 0 Å². The van der Waals surface area contributed by atoms with Gasteiger partial charge >= 0.3 is 0 Å². The molecule has 0 amide bonds. The number of benzene rings is 8. The molecule has 1 aliphatic carbocycles. The van der Waals surface area contributed by atoms with Crippen molar-refractivity contribution < 1.29 is 0 Å². The Kier molecular flexibility index (Phi) is 6.99. The molecule has 1 N–H and O–H groups in total. The summed E-state index contributed by atoms with van der Waals surface area (Å²) < 4.78 is 2.39. The van der Waals surface area contributed by atoms with Crippen molar-refractivity contribution in [3.63, 3.8) is 0 Å². The molecular weight excluding hydrogens is 691 g/mol. The lowest BCUT2D eigenvalue weighted by Gasteiger charge is -2.34. The molecule has 57 heavy (non-hydrogen) atoms. The fourth-order valence-corrected chi connectivity index (χ4v) is 9.24. The van der Waals surface area contributed by atoms with E-state index < -0.39 is 0 Å². The number of pyridine rings is 1. The quantitative estimate of drug-likeness (QED) is 0.183. The molecule has 3 heteroatoms. The van der Waals surface area contributed by atoms with Crippen LogP contribution in [0.15, 0.2) is 200 Å². The van der Waals surface area contributed by atoms with Gasteiger partial charge in [-0.1, -0.05) is 140 Å². The Morgan fingerprint density at radius 2 is 1.11 bits per heavy atom. The van der Waals surface area contributed by atoms with Crippen LogP contribution in [0.2, 0.25) is 0 Å². The summed E-state index contributed by atoms with van der Waals surface area (Å²) in [5.41, 5.74) is 16.4. The fourth-order valence-electron chi connectivity index (χ4n) is 9.24. The molecule has 8 aromatic carbocycles.